The van der Waals surface area contributed by atoms with Gasteiger partial charge in [0.2, 0.25) is 0 Å². The van der Waals surface area contributed by atoms with Crippen molar-refractivity contribution in [2.24, 2.45) is 0 Å². The lowest BCUT2D eigenvalue weighted by Crippen LogP contribution is -2.05. The van der Waals surface area contributed by atoms with Gasteiger partial charge in [-0.3, -0.25) is 0 Å². The summed E-state index contributed by atoms with van der Waals surface area (Å²) in [6.45, 7) is 0.422. The summed E-state index contributed by atoms with van der Waals surface area (Å²) in [7, 11) is 0. The zero-order valence-corrected chi connectivity index (χ0v) is 11.2. The van der Waals surface area contributed by atoms with Gasteiger partial charge in [0, 0.05) is 11.6 Å². The van der Waals surface area contributed by atoms with Gasteiger partial charge in [-0.25, -0.2) is 14.5 Å². The van der Waals surface area contributed by atoms with Crippen LogP contribution in [0.5, 0.6) is 0 Å². The Balaban J connectivity index is 2.07. The fraction of sp³-hybridized carbons (Fsp3) is 0.0909. The number of thiazole rings is 1. The van der Waals surface area contributed by atoms with E-state index in [2.05, 4.69) is 15.3 Å². The van der Waals surface area contributed by atoms with Gasteiger partial charge in [-0.1, -0.05) is 11.3 Å². The molecule has 0 radical (unpaired) electrons. The number of carboxylic acid groups (broad SMARTS) is 1. The Hall–Kier alpha value is -2.06. The normalized spacial score (nSPS) is 10.7. The van der Waals surface area contributed by atoms with Gasteiger partial charge in [0.15, 0.2) is 5.69 Å². The molecule has 0 aliphatic heterocycles. The average molecular weight is 292 g/mol. The summed E-state index contributed by atoms with van der Waals surface area (Å²) in [5, 5.41) is 21.5. The Morgan fingerprint density at radius 2 is 2.26 bits per heavy atom. The second kappa shape index (κ2) is 4.90. The highest BCUT2D eigenvalue weighted by Gasteiger charge is 2.21. The van der Waals surface area contributed by atoms with Crippen LogP contribution < -0.4 is 0 Å². The van der Waals surface area contributed by atoms with Crippen molar-refractivity contribution in [2.45, 2.75) is 6.54 Å². The smallest absolute Gasteiger partial charge is 0.358 e. The fourth-order valence-electron chi connectivity index (χ4n) is 1.68. The molecule has 3 aromatic heterocycles. The summed E-state index contributed by atoms with van der Waals surface area (Å²) < 4.78 is 1.58. The van der Waals surface area contributed by atoms with E-state index in [1.165, 1.54) is 22.7 Å². The van der Waals surface area contributed by atoms with Crippen LogP contribution in [0, 0.1) is 0 Å². The van der Waals surface area contributed by atoms with Crippen LogP contribution in [-0.4, -0.2) is 31.1 Å². The van der Waals surface area contributed by atoms with E-state index in [1.54, 1.807) is 10.9 Å². The van der Waals surface area contributed by atoms with E-state index in [0.29, 0.717) is 12.2 Å². The summed E-state index contributed by atoms with van der Waals surface area (Å²) >= 11 is 2.96. The second-order valence-corrected chi connectivity index (χ2v) is 5.58. The van der Waals surface area contributed by atoms with Gasteiger partial charge in [0.05, 0.1) is 11.4 Å². The van der Waals surface area contributed by atoms with Gasteiger partial charge in [0.1, 0.15) is 10.7 Å². The first-order chi connectivity index (χ1) is 9.25. The van der Waals surface area contributed by atoms with Crippen LogP contribution >= 0.6 is 22.7 Å². The van der Waals surface area contributed by atoms with E-state index in [9.17, 15) is 9.90 Å². The standard InChI is InChI=1S/C11H8N4O2S2/c16-11(17)9-10(7-2-1-4-18-7)15(14-13-9)6-8-12-3-5-19-8/h1-5H,6H2,(H,16,17). The zero-order valence-electron chi connectivity index (χ0n) is 9.55. The molecule has 0 fully saturated rings. The lowest BCUT2D eigenvalue weighted by atomic mass is 10.2. The molecule has 0 saturated heterocycles. The van der Waals surface area contributed by atoms with Gasteiger partial charge in [-0.2, -0.15) is 0 Å². The first kappa shape index (κ1) is 12.0. The van der Waals surface area contributed by atoms with Gasteiger partial charge < -0.3 is 5.11 Å². The summed E-state index contributed by atoms with van der Waals surface area (Å²) in [5.74, 6) is -1.08. The molecule has 3 heterocycles. The van der Waals surface area contributed by atoms with Crippen LogP contribution in [0.4, 0.5) is 0 Å². The van der Waals surface area contributed by atoms with Crippen molar-refractivity contribution >= 4 is 28.6 Å². The van der Waals surface area contributed by atoms with E-state index in [1.807, 2.05) is 22.9 Å². The third-order valence-corrected chi connectivity index (χ3v) is 4.10. The highest BCUT2D eigenvalue weighted by Crippen LogP contribution is 2.27. The van der Waals surface area contributed by atoms with E-state index in [0.717, 1.165) is 9.88 Å². The van der Waals surface area contributed by atoms with Crippen molar-refractivity contribution in [1.29, 1.82) is 0 Å². The number of carbonyl (C=O) groups is 1. The molecule has 0 aliphatic rings. The minimum Gasteiger partial charge on any atom is -0.476 e. The van der Waals surface area contributed by atoms with Crippen molar-refractivity contribution in [1.82, 2.24) is 20.0 Å². The van der Waals surface area contributed by atoms with Crippen molar-refractivity contribution < 1.29 is 9.90 Å². The number of aromatic nitrogens is 4. The molecular weight excluding hydrogens is 284 g/mol. The molecular formula is C11H8N4O2S2. The van der Waals surface area contributed by atoms with Crippen molar-refractivity contribution in [2.75, 3.05) is 0 Å². The van der Waals surface area contributed by atoms with Crippen LogP contribution in [-0.2, 0) is 6.54 Å². The number of aromatic carboxylic acids is 1. The molecule has 96 valence electrons. The monoisotopic (exact) mass is 292 g/mol. The molecule has 19 heavy (non-hydrogen) atoms. The minimum absolute atomic E-state index is 0.0287. The summed E-state index contributed by atoms with van der Waals surface area (Å²) in [6, 6.07) is 3.72. The Morgan fingerprint density at radius 1 is 1.37 bits per heavy atom. The average Bonchev–Trinajstić information content (AvgIpc) is 3.09. The molecule has 0 spiro atoms. The summed E-state index contributed by atoms with van der Waals surface area (Å²) in [6.07, 6.45) is 1.71. The van der Waals surface area contributed by atoms with Gasteiger partial charge >= 0.3 is 5.97 Å². The second-order valence-electron chi connectivity index (χ2n) is 3.65. The maximum atomic E-state index is 11.2. The number of carboxylic acids is 1. The molecule has 0 saturated carbocycles. The summed E-state index contributed by atoms with van der Waals surface area (Å²) in [5.41, 5.74) is 0.497. The third kappa shape index (κ3) is 2.27. The molecule has 1 N–H and O–H groups in total. The molecule has 3 rings (SSSR count). The minimum atomic E-state index is -1.08. The van der Waals surface area contributed by atoms with E-state index in [-0.39, 0.29) is 5.69 Å². The molecule has 0 bridgehead atoms. The molecule has 0 unspecified atom stereocenters. The van der Waals surface area contributed by atoms with Crippen molar-refractivity contribution in [3.05, 3.63) is 39.8 Å². The number of thiophene rings is 1. The highest BCUT2D eigenvalue weighted by molar-refractivity contribution is 7.13. The summed E-state index contributed by atoms with van der Waals surface area (Å²) in [4.78, 5) is 16.2. The number of rotatable bonds is 4. The van der Waals surface area contributed by atoms with Crippen LogP contribution in [0.2, 0.25) is 0 Å². The Labute approximate surface area is 116 Å². The molecule has 6 nitrogen and oxygen atoms in total. The predicted molar refractivity (Wildman–Crippen MR) is 71.5 cm³/mol. The van der Waals surface area contributed by atoms with E-state index in [4.69, 9.17) is 0 Å². The fourth-order valence-corrected chi connectivity index (χ4v) is 3.06. The van der Waals surface area contributed by atoms with Crippen molar-refractivity contribution in [3.8, 4) is 10.6 Å². The number of hydrogen-bond acceptors (Lipinski definition) is 6. The molecule has 0 atom stereocenters. The molecule has 0 aliphatic carbocycles. The third-order valence-electron chi connectivity index (χ3n) is 2.46. The first-order valence-electron chi connectivity index (χ1n) is 5.34. The highest BCUT2D eigenvalue weighted by atomic mass is 32.1. The SMILES string of the molecule is O=C(O)c1nnn(Cc2nccs2)c1-c1cccs1. The predicted octanol–water partition coefficient (Wildman–Crippen LogP) is 2.21. The van der Waals surface area contributed by atoms with Gasteiger partial charge in [0.25, 0.3) is 0 Å². The first-order valence-corrected chi connectivity index (χ1v) is 7.10. The van der Waals surface area contributed by atoms with E-state index < -0.39 is 5.97 Å². The Bertz CT molecular complexity index is 688. The van der Waals surface area contributed by atoms with Crippen LogP contribution in [0.15, 0.2) is 29.1 Å². The topological polar surface area (TPSA) is 80.9 Å². The molecule has 0 amide bonds. The molecule has 8 heteroatoms. The van der Waals surface area contributed by atoms with Gasteiger partial charge in [-0.05, 0) is 11.4 Å². The maximum absolute atomic E-state index is 11.2. The lowest BCUT2D eigenvalue weighted by Gasteiger charge is -2.03. The number of nitrogens with zero attached hydrogens (tertiary/aromatic N) is 4. The quantitative estimate of drug-likeness (QED) is 0.797. The Kier molecular flexibility index (Phi) is 3.10. The molecule has 0 aromatic carbocycles. The zero-order chi connectivity index (χ0) is 13.2. The lowest BCUT2D eigenvalue weighted by molar-refractivity contribution is 0.0691. The van der Waals surface area contributed by atoms with Crippen LogP contribution in [0.3, 0.4) is 0 Å². The maximum Gasteiger partial charge on any atom is 0.358 e. The molecule has 3 aromatic rings. The van der Waals surface area contributed by atoms with Crippen molar-refractivity contribution in [3.63, 3.8) is 0 Å². The van der Waals surface area contributed by atoms with E-state index >= 15 is 0 Å². The number of hydrogen-bond donors (Lipinski definition) is 1. The Morgan fingerprint density at radius 3 is 2.89 bits per heavy atom. The van der Waals surface area contributed by atoms with Gasteiger partial charge in [-0.15, -0.1) is 27.8 Å². The van der Waals surface area contributed by atoms with Crippen LogP contribution in [0.25, 0.3) is 10.6 Å². The van der Waals surface area contributed by atoms with Crippen LogP contribution in [0.1, 0.15) is 15.5 Å². The largest absolute Gasteiger partial charge is 0.476 e.